The number of benzene rings is 1. The molecule has 20 heavy (non-hydrogen) atoms. The SMILES string of the molecule is COC(=O)C(N)CSCc1ccc(OC)c([N+](=O)[O-])c1. The van der Waals surface area contributed by atoms with Crippen LogP contribution in [0, 0.1) is 10.1 Å². The Morgan fingerprint density at radius 1 is 1.50 bits per heavy atom. The molecule has 1 aromatic carbocycles. The second-order valence-electron chi connectivity index (χ2n) is 3.91. The second kappa shape index (κ2) is 7.71. The summed E-state index contributed by atoms with van der Waals surface area (Å²) in [5.74, 6) is 0.635. The van der Waals surface area contributed by atoms with Crippen LogP contribution in [0.25, 0.3) is 0 Å². The molecule has 1 unspecified atom stereocenters. The van der Waals surface area contributed by atoms with E-state index in [4.69, 9.17) is 10.5 Å². The van der Waals surface area contributed by atoms with Crippen LogP contribution < -0.4 is 10.5 Å². The number of nitrogens with zero attached hydrogens (tertiary/aromatic N) is 1. The number of nitro benzene ring substituents is 1. The lowest BCUT2D eigenvalue weighted by atomic mass is 10.2. The summed E-state index contributed by atoms with van der Waals surface area (Å²) >= 11 is 1.40. The molecular weight excluding hydrogens is 284 g/mol. The highest BCUT2D eigenvalue weighted by atomic mass is 32.2. The van der Waals surface area contributed by atoms with E-state index in [1.165, 1.54) is 32.0 Å². The summed E-state index contributed by atoms with van der Waals surface area (Å²) in [5.41, 5.74) is 6.27. The number of hydrogen-bond acceptors (Lipinski definition) is 7. The lowest BCUT2D eigenvalue weighted by molar-refractivity contribution is -0.385. The van der Waals surface area contributed by atoms with Gasteiger partial charge in [-0.2, -0.15) is 11.8 Å². The molecule has 0 radical (unpaired) electrons. The number of esters is 1. The number of carbonyl (C=O) groups is 1. The molecule has 0 aliphatic rings. The molecule has 0 saturated carbocycles. The molecular formula is C12H16N2O5S. The molecule has 0 aliphatic heterocycles. The zero-order chi connectivity index (χ0) is 15.1. The van der Waals surface area contributed by atoms with Gasteiger partial charge in [-0.1, -0.05) is 6.07 Å². The molecule has 0 amide bonds. The van der Waals surface area contributed by atoms with Crippen molar-refractivity contribution in [3.63, 3.8) is 0 Å². The van der Waals surface area contributed by atoms with Crippen LogP contribution in [-0.4, -0.2) is 36.9 Å². The molecule has 0 spiro atoms. The summed E-state index contributed by atoms with van der Waals surface area (Å²) in [6, 6.07) is 4.05. The second-order valence-corrected chi connectivity index (χ2v) is 4.94. The highest BCUT2D eigenvalue weighted by molar-refractivity contribution is 7.98. The van der Waals surface area contributed by atoms with Gasteiger partial charge in [0.25, 0.3) is 0 Å². The third-order valence-corrected chi connectivity index (χ3v) is 3.64. The molecule has 0 fully saturated rings. The first-order valence-corrected chi connectivity index (χ1v) is 6.87. The van der Waals surface area contributed by atoms with Gasteiger partial charge in [0, 0.05) is 17.6 Å². The summed E-state index contributed by atoms with van der Waals surface area (Å²) in [4.78, 5) is 21.5. The minimum Gasteiger partial charge on any atom is -0.490 e. The Balaban J connectivity index is 2.63. The number of ether oxygens (including phenoxy) is 2. The van der Waals surface area contributed by atoms with Gasteiger partial charge in [-0.05, 0) is 11.6 Å². The van der Waals surface area contributed by atoms with Crippen molar-refractivity contribution in [2.24, 2.45) is 5.73 Å². The number of rotatable bonds is 7. The molecule has 0 bridgehead atoms. The minimum atomic E-state index is -0.696. The summed E-state index contributed by atoms with van der Waals surface area (Å²) < 4.78 is 9.43. The van der Waals surface area contributed by atoms with E-state index >= 15 is 0 Å². The molecule has 0 aliphatic carbocycles. The van der Waals surface area contributed by atoms with E-state index in [-0.39, 0.29) is 11.4 Å². The van der Waals surface area contributed by atoms with E-state index in [9.17, 15) is 14.9 Å². The van der Waals surface area contributed by atoms with Crippen molar-refractivity contribution in [3.8, 4) is 5.75 Å². The predicted molar refractivity (Wildman–Crippen MR) is 75.8 cm³/mol. The maximum atomic E-state index is 11.1. The summed E-state index contributed by atoms with van der Waals surface area (Å²) in [6.07, 6.45) is 0. The third-order valence-electron chi connectivity index (χ3n) is 2.51. The van der Waals surface area contributed by atoms with Crippen molar-refractivity contribution in [1.29, 1.82) is 0 Å². The molecule has 7 nitrogen and oxygen atoms in total. The highest BCUT2D eigenvalue weighted by Crippen LogP contribution is 2.29. The van der Waals surface area contributed by atoms with Crippen LogP contribution in [-0.2, 0) is 15.3 Å². The summed E-state index contributed by atoms with van der Waals surface area (Å²) in [7, 11) is 2.66. The van der Waals surface area contributed by atoms with Gasteiger partial charge < -0.3 is 15.2 Å². The Hall–Kier alpha value is -1.80. The molecule has 0 heterocycles. The van der Waals surface area contributed by atoms with Crippen molar-refractivity contribution in [2.75, 3.05) is 20.0 Å². The van der Waals surface area contributed by atoms with E-state index in [2.05, 4.69) is 4.74 Å². The highest BCUT2D eigenvalue weighted by Gasteiger charge is 2.16. The van der Waals surface area contributed by atoms with Crippen LogP contribution in [0.1, 0.15) is 5.56 Å². The monoisotopic (exact) mass is 300 g/mol. The predicted octanol–water partition coefficient (Wildman–Crippen LogP) is 1.34. The molecule has 110 valence electrons. The van der Waals surface area contributed by atoms with Crippen molar-refractivity contribution in [3.05, 3.63) is 33.9 Å². The van der Waals surface area contributed by atoms with Crippen LogP contribution in [0.3, 0.4) is 0 Å². The maximum absolute atomic E-state index is 11.1. The number of thioether (sulfide) groups is 1. The normalized spacial score (nSPS) is 11.8. The van der Waals surface area contributed by atoms with Gasteiger partial charge in [0.2, 0.25) is 0 Å². The quantitative estimate of drug-likeness (QED) is 0.460. The Morgan fingerprint density at radius 3 is 2.75 bits per heavy atom. The van der Waals surface area contributed by atoms with Crippen molar-refractivity contribution in [1.82, 2.24) is 0 Å². The van der Waals surface area contributed by atoms with Gasteiger partial charge in [0.05, 0.1) is 19.1 Å². The fraction of sp³-hybridized carbons (Fsp3) is 0.417. The smallest absolute Gasteiger partial charge is 0.323 e. The first-order valence-electron chi connectivity index (χ1n) is 5.72. The lowest BCUT2D eigenvalue weighted by Crippen LogP contribution is -2.33. The van der Waals surface area contributed by atoms with Crippen LogP contribution in [0.4, 0.5) is 5.69 Å². The average molecular weight is 300 g/mol. The van der Waals surface area contributed by atoms with Crippen LogP contribution >= 0.6 is 11.8 Å². The average Bonchev–Trinajstić information content (AvgIpc) is 2.45. The maximum Gasteiger partial charge on any atom is 0.323 e. The van der Waals surface area contributed by atoms with Crippen LogP contribution in [0.5, 0.6) is 5.75 Å². The number of methoxy groups -OCH3 is 2. The third kappa shape index (κ3) is 4.39. The van der Waals surface area contributed by atoms with E-state index in [1.54, 1.807) is 12.1 Å². The van der Waals surface area contributed by atoms with Gasteiger partial charge in [0.15, 0.2) is 5.75 Å². The fourth-order valence-corrected chi connectivity index (χ4v) is 2.41. The first kappa shape index (κ1) is 16.3. The van der Waals surface area contributed by atoms with Crippen molar-refractivity contribution >= 4 is 23.4 Å². The number of nitrogens with two attached hydrogens (primary N) is 1. The molecule has 2 N–H and O–H groups in total. The van der Waals surface area contributed by atoms with E-state index in [0.717, 1.165) is 5.56 Å². The van der Waals surface area contributed by atoms with E-state index in [1.807, 2.05) is 0 Å². The van der Waals surface area contributed by atoms with Gasteiger partial charge in [-0.15, -0.1) is 0 Å². The Morgan fingerprint density at radius 2 is 2.20 bits per heavy atom. The van der Waals surface area contributed by atoms with Crippen LogP contribution in [0.15, 0.2) is 18.2 Å². The summed E-state index contributed by atoms with van der Waals surface area (Å²) in [6.45, 7) is 0. The molecule has 1 aromatic rings. The largest absolute Gasteiger partial charge is 0.490 e. The molecule has 0 saturated heterocycles. The first-order chi connectivity index (χ1) is 9.49. The topological polar surface area (TPSA) is 105 Å². The molecule has 1 atom stereocenters. The standard InChI is InChI=1S/C12H16N2O5S/c1-18-11-4-3-8(5-10(11)14(16)17)6-20-7-9(13)12(15)19-2/h3-5,9H,6-7,13H2,1-2H3. The van der Waals surface area contributed by atoms with Crippen molar-refractivity contribution in [2.45, 2.75) is 11.8 Å². The lowest BCUT2D eigenvalue weighted by Gasteiger charge is -2.09. The van der Waals surface area contributed by atoms with Crippen LogP contribution in [0.2, 0.25) is 0 Å². The molecule has 0 aromatic heterocycles. The zero-order valence-electron chi connectivity index (χ0n) is 11.2. The minimum absolute atomic E-state index is 0.0807. The van der Waals surface area contributed by atoms with Gasteiger partial charge in [0.1, 0.15) is 6.04 Å². The molecule has 1 rings (SSSR count). The van der Waals surface area contributed by atoms with Gasteiger partial charge in [-0.3, -0.25) is 14.9 Å². The van der Waals surface area contributed by atoms with Crippen molar-refractivity contribution < 1.29 is 19.2 Å². The Bertz CT molecular complexity index is 495. The fourth-order valence-electron chi connectivity index (χ4n) is 1.49. The van der Waals surface area contributed by atoms with E-state index < -0.39 is 16.9 Å². The summed E-state index contributed by atoms with van der Waals surface area (Å²) in [5, 5.41) is 10.9. The molecule has 8 heteroatoms. The Kier molecular flexibility index (Phi) is 6.26. The number of nitro groups is 1. The number of hydrogen-bond donors (Lipinski definition) is 1. The zero-order valence-corrected chi connectivity index (χ0v) is 12.0. The van der Waals surface area contributed by atoms with Gasteiger partial charge in [-0.25, -0.2) is 0 Å². The Labute approximate surface area is 120 Å². The van der Waals surface area contributed by atoms with E-state index in [0.29, 0.717) is 11.5 Å². The number of carbonyl (C=O) groups excluding carboxylic acids is 1. The van der Waals surface area contributed by atoms with Gasteiger partial charge >= 0.3 is 11.7 Å².